The van der Waals surface area contributed by atoms with E-state index in [0.717, 1.165) is 0 Å². The second-order valence-electron chi connectivity index (χ2n) is 4.72. The Labute approximate surface area is 99.8 Å². The first kappa shape index (κ1) is 11.9. The Morgan fingerprint density at radius 1 is 1.47 bits per heavy atom. The Balaban J connectivity index is 2.20. The highest BCUT2D eigenvalue weighted by Crippen LogP contribution is 2.16. The quantitative estimate of drug-likeness (QED) is 0.733. The lowest BCUT2D eigenvalue weighted by Crippen LogP contribution is -2.33. The Kier molecular flexibility index (Phi) is 3.02. The number of carbonyl (C=O) groups excluding carboxylic acids is 1. The van der Waals surface area contributed by atoms with Gasteiger partial charge in [-0.05, 0) is 12.0 Å². The second kappa shape index (κ2) is 4.33. The molecule has 0 radical (unpaired) electrons. The summed E-state index contributed by atoms with van der Waals surface area (Å²) in [6.45, 7) is 3.26. The summed E-state index contributed by atoms with van der Waals surface area (Å²) < 4.78 is 1.44. The number of carbonyl (C=O) groups is 1. The minimum atomic E-state index is -0.174. The molecule has 2 N–H and O–H groups in total. The standard InChI is InChI=1S/C12H17N3O2/c1-8-6-15(7-10(8)13)12(17)9-3-4-14(2)11(16)5-9/h3-5,8,10H,6-7,13H2,1-2H3. The maximum atomic E-state index is 12.1. The zero-order valence-corrected chi connectivity index (χ0v) is 10.1. The van der Waals surface area contributed by atoms with Crippen LogP contribution in [0.2, 0.25) is 0 Å². The number of pyridine rings is 1. The number of nitrogens with two attached hydrogens (primary N) is 1. The Bertz CT molecular complexity index is 485. The van der Waals surface area contributed by atoms with Gasteiger partial charge in [0.25, 0.3) is 11.5 Å². The summed E-state index contributed by atoms with van der Waals surface area (Å²) in [5.41, 5.74) is 6.14. The van der Waals surface area contributed by atoms with Crippen molar-refractivity contribution in [3.05, 3.63) is 34.2 Å². The smallest absolute Gasteiger partial charge is 0.254 e. The molecule has 1 saturated heterocycles. The lowest BCUT2D eigenvalue weighted by atomic mass is 10.1. The van der Waals surface area contributed by atoms with Crippen LogP contribution in [0.4, 0.5) is 0 Å². The molecule has 0 aromatic carbocycles. The van der Waals surface area contributed by atoms with Crippen LogP contribution in [0.25, 0.3) is 0 Å². The molecular weight excluding hydrogens is 218 g/mol. The van der Waals surface area contributed by atoms with Gasteiger partial charge in [-0.25, -0.2) is 0 Å². The number of aromatic nitrogens is 1. The van der Waals surface area contributed by atoms with Gasteiger partial charge < -0.3 is 15.2 Å². The third kappa shape index (κ3) is 2.24. The molecule has 1 fully saturated rings. The maximum absolute atomic E-state index is 12.1. The Morgan fingerprint density at radius 3 is 2.71 bits per heavy atom. The molecule has 0 spiro atoms. The molecule has 2 atom stereocenters. The number of amides is 1. The summed E-state index contributed by atoms with van der Waals surface area (Å²) in [4.78, 5) is 25.3. The van der Waals surface area contributed by atoms with Crippen molar-refractivity contribution in [1.82, 2.24) is 9.47 Å². The van der Waals surface area contributed by atoms with Gasteiger partial charge in [-0.1, -0.05) is 6.92 Å². The van der Waals surface area contributed by atoms with Gasteiger partial charge in [-0.2, -0.15) is 0 Å². The summed E-state index contributed by atoms with van der Waals surface area (Å²) in [6, 6.07) is 3.07. The molecule has 0 saturated carbocycles. The first-order valence-corrected chi connectivity index (χ1v) is 5.70. The fourth-order valence-electron chi connectivity index (χ4n) is 2.02. The minimum absolute atomic E-state index is 0.0329. The van der Waals surface area contributed by atoms with E-state index in [1.165, 1.54) is 10.6 Å². The van der Waals surface area contributed by atoms with Gasteiger partial charge in [0.05, 0.1) is 0 Å². The van der Waals surface area contributed by atoms with Crippen molar-refractivity contribution in [2.75, 3.05) is 13.1 Å². The van der Waals surface area contributed by atoms with Gasteiger partial charge in [-0.15, -0.1) is 0 Å². The second-order valence-corrected chi connectivity index (χ2v) is 4.72. The summed E-state index contributed by atoms with van der Waals surface area (Å²) >= 11 is 0. The lowest BCUT2D eigenvalue weighted by molar-refractivity contribution is 0.0786. The van der Waals surface area contributed by atoms with E-state index in [9.17, 15) is 9.59 Å². The third-order valence-electron chi connectivity index (χ3n) is 3.31. The van der Waals surface area contributed by atoms with Gasteiger partial charge in [0.15, 0.2) is 0 Å². The average Bonchev–Trinajstić information content (AvgIpc) is 2.62. The summed E-state index contributed by atoms with van der Waals surface area (Å²) in [5, 5.41) is 0. The van der Waals surface area contributed by atoms with Crippen molar-refractivity contribution >= 4 is 5.91 Å². The molecule has 92 valence electrons. The van der Waals surface area contributed by atoms with Gasteiger partial charge in [-0.3, -0.25) is 9.59 Å². The number of hydrogen-bond acceptors (Lipinski definition) is 3. The fraction of sp³-hybridized carbons (Fsp3) is 0.500. The molecule has 1 aromatic heterocycles. The predicted molar refractivity (Wildman–Crippen MR) is 64.7 cm³/mol. The highest BCUT2D eigenvalue weighted by atomic mass is 16.2. The molecule has 0 bridgehead atoms. The van der Waals surface area contributed by atoms with Gasteiger partial charge in [0, 0.05) is 44.0 Å². The van der Waals surface area contributed by atoms with E-state index in [4.69, 9.17) is 5.73 Å². The molecule has 0 aliphatic carbocycles. The SMILES string of the molecule is CC1CN(C(=O)c2ccn(C)c(=O)c2)CC1N. The molecule has 1 aromatic rings. The number of nitrogens with zero attached hydrogens (tertiary/aromatic N) is 2. The third-order valence-corrected chi connectivity index (χ3v) is 3.31. The summed E-state index contributed by atoms with van der Waals surface area (Å²) in [6.07, 6.45) is 1.61. The van der Waals surface area contributed by atoms with E-state index in [1.54, 1.807) is 24.2 Å². The monoisotopic (exact) mass is 235 g/mol. The Hall–Kier alpha value is -1.62. The van der Waals surface area contributed by atoms with Crippen LogP contribution in [-0.2, 0) is 7.05 Å². The number of aryl methyl sites for hydroxylation is 1. The van der Waals surface area contributed by atoms with Crippen LogP contribution in [0.15, 0.2) is 23.1 Å². The van der Waals surface area contributed by atoms with E-state index in [2.05, 4.69) is 0 Å². The first-order chi connectivity index (χ1) is 7.99. The van der Waals surface area contributed by atoms with E-state index in [-0.39, 0.29) is 17.5 Å². The largest absolute Gasteiger partial charge is 0.337 e. The molecule has 5 heteroatoms. The molecule has 2 heterocycles. The fourth-order valence-corrected chi connectivity index (χ4v) is 2.02. The lowest BCUT2D eigenvalue weighted by Gasteiger charge is -2.15. The van der Waals surface area contributed by atoms with Gasteiger partial charge >= 0.3 is 0 Å². The van der Waals surface area contributed by atoms with Crippen molar-refractivity contribution in [2.45, 2.75) is 13.0 Å². The van der Waals surface area contributed by atoms with Crippen LogP contribution < -0.4 is 11.3 Å². The minimum Gasteiger partial charge on any atom is -0.337 e. The van der Waals surface area contributed by atoms with Gasteiger partial charge in [0.1, 0.15) is 0 Å². The highest BCUT2D eigenvalue weighted by Gasteiger charge is 2.30. The normalized spacial score (nSPS) is 24.1. The van der Waals surface area contributed by atoms with Crippen LogP contribution in [0, 0.1) is 5.92 Å². The van der Waals surface area contributed by atoms with Crippen LogP contribution in [-0.4, -0.2) is 34.5 Å². The molecule has 5 nitrogen and oxygen atoms in total. The highest BCUT2D eigenvalue weighted by molar-refractivity contribution is 5.94. The molecule has 1 aliphatic rings. The van der Waals surface area contributed by atoms with Crippen LogP contribution >= 0.6 is 0 Å². The van der Waals surface area contributed by atoms with Crippen molar-refractivity contribution in [2.24, 2.45) is 18.7 Å². The molecule has 1 amide bonds. The molecule has 17 heavy (non-hydrogen) atoms. The average molecular weight is 235 g/mol. The number of hydrogen-bond donors (Lipinski definition) is 1. The van der Waals surface area contributed by atoms with Crippen molar-refractivity contribution < 1.29 is 4.79 Å². The first-order valence-electron chi connectivity index (χ1n) is 5.70. The number of likely N-dealkylation sites (tertiary alicyclic amines) is 1. The zero-order chi connectivity index (χ0) is 12.6. The maximum Gasteiger partial charge on any atom is 0.254 e. The van der Waals surface area contributed by atoms with Crippen molar-refractivity contribution in [3.8, 4) is 0 Å². The Morgan fingerprint density at radius 2 is 2.18 bits per heavy atom. The van der Waals surface area contributed by atoms with E-state index in [1.807, 2.05) is 6.92 Å². The molecular formula is C12H17N3O2. The topological polar surface area (TPSA) is 68.3 Å². The van der Waals surface area contributed by atoms with Crippen molar-refractivity contribution in [1.29, 1.82) is 0 Å². The van der Waals surface area contributed by atoms with Crippen LogP contribution in [0.5, 0.6) is 0 Å². The van der Waals surface area contributed by atoms with E-state index < -0.39 is 0 Å². The molecule has 1 aliphatic heterocycles. The van der Waals surface area contributed by atoms with Crippen molar-refractivity contribution in [3.63, 3.8) is 0 Å². The summed E-state index contributed by atoms with van der Waals surface area (Å²) in [5.74, 6) is 0.202. The van der Waals surface area contributed by atoms with Crippen LogP contribution in [0.3, 0.4) is 0 Å². The van der Waals surface area contributed by atoms with E-state index >= 15 is 0 Å². The predicted octanol–water partition coefficient (Wildman–Crippen LogP) is -0.195. The number of rotatable bonds is 1. The molecule has 2 unspecified atom stereocenters. The van der Waals surface area contributed by atoms with E-state index in [0.29, 0.717) is 24.6 Å². The zero-order valence-electron chi connectivity index (χ0n) is 10.1. The van der Waals surface area contributed by atoms with Gasteiger partial charge in [0.2, 0.25) is 0 Å². The summed E-state index contributed by atoms with van der Waals surface area (Å²) in [7, 11) is 1.66. The molecule has 2 rings (SSSR count). The van der Waals surface area contributed by atoms with Crippen LogP contribution in [0.1, 0.15) is 17.3 Å².